The van der Waals surface area contributed by atoms with E-state index < -0.39 is 0 Å². The fraction of sp³-hybridized carbons (Fsp3) is 0.333. The van der Waals surface area contributed by atoms with E-state index in [4.69, 9.17) is 23.2 Å². The zero-order chi connectivity index (χ0) is 17.0. The molecule has 0 bridgehead atoms. The van der Waals surface area contributed by atoms with Gasteiger partial charge in [0.15, 0.2) is 0 Å². The van der Waals surface area contributed by atoms with Crippen LogP contribution in [0.25, 0.3) is 0 Å². The second-order valence-corrected chi connectivity index (χ2v) is 7.32. The van der Waals surface area contributed by atoms with Gasteiger partial charge in [0.25, 0.3) is 0 Å². The van der Waals surface area contributed by atoms with Crippen molar-refractivity contribution in [3.63, 3.8) is 0 Å². The monoisotopic (exact) mass is 350 g/mol. The first-order valence-electron chi connectivity index (χ1n) is 7.42. The largest absolute Gasteiger partial charge is 0.352 e. The Balaban J connectivity index is 1.90. The van der Waals surface area contributed by atoms with Gasteiger partial charge in [0.2, 0.25) is 5.91 Å². The van der Waals surface area contributed by atoms with Crippen molar-refractivity contribution >= 4 is 29.1 Å². The van der Waals surface area contributed by atoms with Crippen molar-refractivity contribution in [1.82, 2.24) is 10.3 Å². The van der Waals surface area contributed by atoms with Crippen LogP contribution in [-0.4, -0.2) is 10.9 Å². The summed E-state index contributed by atoms with van der Waals surface area (Å²) < 4.78 is 0. The molecule has 122 valence electrons. The van der Waals surface area contributed by atoms with Gasteiger partial charge in [-0.2, -0.15) is 0 Å². The number of nitrogens with one attached hydrogen (secondary N) is 1. The van der Waals surface area contributed by atoms with E-state index in [1.54, 1.807) is 24.4 Å². The number of halogens is 2. The summed E-state index contributed by atoms with van der Waals surface area (Å²) in [4.78, 5) is 16.5. The Morgan fingerprint density at radius 2 is 1.78 bits per heavy atom. The molecule has 3 nitrogen and oxygen atoms in total. The van der Waals surface area contributed by atoms with Crippen molar-refractivity contribution < 1.29 is 4.79 Å². The Kier molecular flexibility index (Phi) is 5.66. The van der Waals surface area contributed by atoms with Gasteiger partial charge in [-0.3, -0.25) is 9.78 Å². The molecule has 0 atom stereocenters. The third-order valence-corrected chi connectivity index (χ3v) is 4.17. The number of hydrogen-bond donors (Lipinski definition) is 1. The number of benzene rings is 1. The quantitative estimate of drug-likeness (QED) is 0.878. The summed E-state index contributed by atoms with van der Waals surface area (Å²) in [5.74, 6) is -0.0664. The minimum atomic E-state index is -0.0664. The van der Waals surface area contributed by atoms with Gasteiger partial charge in [-0.25, -0.2) is 0 Å². The Labute approximate surface area is 147 Å². The van der Waals surface area contributed by atoms with Gasteiger partial charge in [-0.1, -0.05) is 56.1 Å². The third kappa shape index (κ3) is 5.22. The van der Waals surface area contributed by atoms with Crippen molar-refractivity contribution in [1.29, 1.82) is 0 Å². The molecule has 0 aliphatic carbocycles. The molecule has 0 fully saturated rings. The molecular formula is C18H20Cl2N2O. The standard InChI is InChI=1S/C18H20Cl2N2O/c1-18(2,3)16-7-5-13(10-21-16)11-22-17(23)9-12-4-6-14(19)15(20)8-12/h4-8,10H,9,11H2,1-3H3,(H,22,23). The maximum atomic E-state index is 12.0. The normalized spacial score (nSPS) is 11.3. The van der Waals surface area contributed by atoms with Crippen LogP contribution in [0, 0.1) is 0 Å². The Bertz CT molecular complexity index is 691. The number of amides is 1. The summed E-state index contributed by atoms with van der Waals surface area (Å²) in [5, 5.41) is 3.83. The highest BCUT2D eigenvalue weighted by Crippen LogP contribution is 2.23. The summed E-state index contributed by atoms with van der Waals surface area (Å²) >= 11 is 11.8. The SMILES string of the molecule is CC(C)(C)c1ccc(CNC(=O)Cc2ccc(Cl)c(Cl)c2)cn1. The molecule has 1 N–H and O–H groups in total. The number of pyridine rings is 1. The molecule has 2 aromatic rings. The van der Waals surface area contributed by atoms with Crippen LogP contribution in [0.3, 0.4) is 0 Å². The molecule has 0 unspecified atom stereocenters. The average molecular weight is 351 g/mol. The average Bonchev–Trinajstić information content (AvgIpc) is 2.48. The van der Waals surface area contributed by atoms with E-state index in [1.165, 1.54) is 0 Å². The van der Waals surface area contributed by atoms with Crippen LogP contribution in [0.15, 0.2) is 36.5 Å². The van der Waals surface area contributed by atoms with Crippen molar-refractivity contribution in [3.8, 4) is 0 Å². The van der Waals surface area contributed by atoms with Crippen molar-refractivity contribution in [2.45, 2.75) is 39.2 Å². The lowest BCUT2D eigenvalue weighted by atomic mass is 9.91. The fourth-order valence-corrected chi connectivity index (χ4v) is 2.39. The first-order chi connectivity index (χ1) is 10.8. The summed E-state index contributed by atoms with van der Waals surface area (Å²) in [7, 11) is 0. The van der Waals surface area contributed by atoms with Crippen LogP contribution < -0.4 is 5.32 Å². The van der Waals surface area contributed by atoms with E-state index in [-0.39, 0.29) is 17.7 Å². The molecule has 0 aliphatic rings. The van der Waals surface area contributed by atoms with Gasteiger partial charge in [0, 0.05) is 23.9 Å². The third-order valence-electron chi connectivity index (χ3n) is 3.43. The van der Waals surface area contributed by atoms with Crippen LogP contribution >= 0.6 is 23.2 Å². The molecule has 0 spiro atoms. The fourth-order valence-electron chi connectivity index (χ4n) is 2.07. The van der Waals surface area contributed by atoms with Gasteiger partial charge < -0.3 is 5.32 Å². The van der Waals surface area contributed by atoms with Gasteiger partial charge in [0.05, 0.1) is 16.5 Å². The van der Waals surface area contributed by atoms with Gasteiger partial charge >= 0.3 is 0 Å². The maximum absolute atomic E-state index is 12.0. The topological polar surface area (TPSA) is 42.0 Å². The lowest BCUT2D eigenvalue weighted by molar-refractivity contribution is -0.120. The molecule has 23 heavy (non-hydrogen) atoms. The first-order valence-corrected chi connectivity index (χ1v) is 8.17. The zero-order valence-electron chi connectivity index (χ0n) is 13.5. The van der Waals surface area contributed by atoms with E-state index in [0.29, 0.717) is 16.6 Å². The smallest absolute Gasteiger partial charge is 0.224 e. The van der Waals surface area contributed by atoms with E-state index >= 15 is 0 Å². The number of nitrogens with zero attached hydrogens (tertiary/aromatic N) is 1. The summed E-state index contributed by atoms with van der Waals surface area (Å²) in [6.45, 7) is 6.81. The van der Waals surface area contributed by atoms with Gasteiger partial charge in [0.1, 0.15) is 0 Å². The maximum Gasteiger partial charge on any atom is 0.224 e. The highest BCUT2D eigenvalue weighted by molar-refractivity contribution is 6.42. The van der Waals surface area contributed by atoms with Gasteiger partial charge in [-0.15, -0.1) is 0 Å². The summed E-state index contributed by atoms with van der Waals surface area (Å²) in [6, 6.07) is 9.20. The van der Waals surface area contributed by atoms with E-state index in [1.807, 2.05) is 12.1 Å². The predicted octanol–water partition coefficient (Wildman–Crippen LogP) is 4.54. The molecule has 0 aliphatic heterocycles. The molecule has 5 heteroatoms. The van der Waals surface area contributed by atoms with Crippen LogP contribution in [0.4, 0.5) is 0 Å². The molecule has 0 radical (unpaired) electrons. The second kappa shape index (κ2) is 7.33. The van der Waals surface area contributed by atoms with Crippen LogP contribution in [-0.2, 0) is 23.2 Å². The highest BCUT2D eigenvalue weighted by atomic mass is 35.5. The second-order valence-electron chi connectivity index (χ2n) is 6.50. The molecule has 2 rings (SSSR count). The van der Waals surface area contributed by atoms with Crippen LogP contribution in [0.5, 0.6) is 0 Å². The van der Waals surface area contributed by atoms with E-state index in [0.717, 1.165) is 16.8 Å². The van der Waals surface area contributed by atoms with E-state index in [9.17, 15) is 4.79 Å². The molecule has 1 amide bonds. The van der Waals surface area contributed by atoms with Crippen molar-refractivity contribution in [2.75, 3.05) is 0 Å². The lowest BCUT2D eigenvalue weighted by Crippen LogP contribution is -2.24. The Morgan fingerprint density at radius 3 is 2.35 bits per heavy atom. The minimum Gasteiger partial charge on any atom is -0.352 e. The Morgan fingerprint density at radius 1 is 1.09 bits per heavy atom. The number of carbonyl (C=O) groups excluding carboxylic acids is 1. The number of aromatic nitrogens is 1. The molecule has 1 aromatic carbocycles. The van der Waals surface area contributed by atoms with Crippen LogP contribution in [0.2, 0.25) is 10.0 Å². The molecule has 1 heterocycles. The number of hydrogen-bond acceptors (Lipinski definition) is 2. The summed E-state index contributed by atoms with van der Waals surface area (Å²) in [5.41, 5.74) is 2.86. The number of rotatable bonds is 4. The molecular weight excluding hydrogens is 331 g/mol. The van der Waals surface area contributed by atoms with Crippen molar-refractivity contribution in [3.05, 3.63) is 63.4 Å². The van der Waals surface area contributed by atoms with Crippen LogP contribution in [0.1, 0.15) is 37.6 Å². The molecule has 1 aromatic heterocycles. The van der Waals surface area contributed by atoms with E-state index in [2.05, 4.69) is 31.1 Å². The summed E-state index contributed by atoms with van der Waals surface area (Å²) in [6.07, 6.45) is 2.07. The lowest BCUT2D eigenvalue weighted by Gasteiger charge is -2.17. The molecule has 0 saturated carbocycles. The minimum absolute atomic E-state index is 0.0234. The first kappa shape index (κ1) is 17.8. The zero-order valence-corrected chi connectivity index (χ0v) is 15.0. The number of carbonyl (C=O) groups is 1. The van der Waals surface area contributed by atoms with Gasteiger partial charge in [-0.05, 0) is 29.3 Å². The predicted molar refractivity (Wildman–Crippen MR) is 94.9 cm³/mol. The Hall–Kier alpha value is -1.58. The molecule has 0 saturated heterocycles. The van der Waals surface area contributed by atoms with Crippen molar-refractivity contribution in [2.24, 2.45) is 0 Å². The highest BCUT2D eigenvalue weighted by Gasteiger charge is 2.14.